The third-order valence-electron chi connectivity index (χ3n) is 3.36. The average molecular weight is 277 g/mol. The molecule has 1 N–H and O–H groups in total. The van der Waals surface area contributed by atoms with E-state index in [4.69, 9.17) is 0 Å². The number of benzene rings is 1. The lowest BCUT2D eigenvalue weighted by molar-refractivity contribution is 0.567. The van der Waals surface area contributed by atoms with Crippen molar-refractivity contribution >= 4 is 20.9 Å². The van der Waals surface area contributed by atoms with Crippen LogP contribution in [0.2, 0.25) is 0 Å². The fraction of sp³-hybridized carbons (Fsp3) is 0.385. The van der Waals surface area contributed by atoms with E-state index in [0.717, 1.165) is 19.5 Å². The summed E-state index contributed by atoms with van der Waals surface area (Å²) in [6.07, 6.45) is 2.26. The molecule has 1 saturated heterocycles. The minimum absolute atomic E-state index is 0.0816. The van der Waals surface area contributed by atoms with Crippen molar-refractivity contribution in [3.63, 3.8) is 0 Å². The molecule has 0 amide bonds. The lowest BCUT2D eigenvalue weighted by Crippen LogP contribution is -2.19. The first-order chi connectivity index (χ1) is 9.15. The van der Waals surface area contributed by atoms with Crippen molar-refractivity contribution in [3.05, 3.63) is 30.5 Å². The van der Waals surface area contributed by atoms with Gasteiger partial charge in [-0.25, -0.2) is 13.4 Å². The van der Waals surface area contributed by atoms with Gasteiger partial charge in [0.15, 0.2) is 14.9 Å². The van der Waals surface area contributed by atoms with Gasteiger partial charge in [0.05, 0.1) is 23.0 Å². The van der Waals surface area contributed by atoms with E-state index in [-0.39, 0.29) is 16.7 Å². The van der Waals surface area contributed by atoms with E-state index in [1.807, 2.05) is 18.2 Å². The molecule has 100 valence electrons. The molecule has 19 heavy (non-hydrogen) atoms. The van der Waals surface area contributed by atoms with Crippen LogP contribution < -0.4 is 5.32 Å². The fourth-order valence-electron chi connectivity index (χ4n) is 2.34. The molecule has 2 aromatic rings. The van der Waals surface area contributed by atoms with Crippen LogP contribution in [0, 0.1) is 5.92 Å². The quantitative estimate of drug-likeness (QED) is 0.906. The smallest absolute Gasteiger partial charge is 0.197 e. The van der Waals surface area contributed by atoms with E-state index in [0.29, 0.717) is 11.0 Å². The number of hydrogen-bond acceptors (Lipinski definition) is 5. The Kier molecular flexibility index (Phi) is 3.20. The van der Waals surface area contributed by atoms with E-state index in [1.165, 1.54) is 6.20 Å². The molecule has 0 aliphatic carbocycles. The van der Waals surface area contributed by atoms with Crippen LogP contribution in [0.15, 0.2) is 35.5 Å². The van der Waals surface area contributed by atoms with Gasteiger partial charge in [0.25, 0.3) is 0 Å². The molecule has 1 aromatic heterocycles. The molecule has 1 aromatic carbocycles. The van der Waals surface area contributed by atoms with Crippen LogP contribution in [0.4, 0.5) is 0 Å². The highest BCUT2D eigenvalue weighted by atomic mass is 32.2. The maximum atomic E-state index is 12.3. The minimum atomic E-state index is -3.35. The van der Waals surface area contributed by atoms with Gasteiger partial charge in [-0.3, -0.25) is 4.98 Å². The van der Waals surface area contributed by atoms with Crippen molar-refractivity contribution in [2.24, 2.45) is 5.92 Å². The summed E-state index contributed by atoms with van der Waals surface area (Å²) in [5.41, 5.74) is 1.33. The number of nitrogens with one attached hydrogen (secondary N) is 1. The van der Waals surface area contributed by atoms with Crippen LogP contribution in [-0.4, -0.2) is 37.2 Å². The van der Waals surface area contributed by atoms with E-state index in [9.17, 15) is 8.42 Å². The predicted molar refractivity (Wildman–Crippen MR) is 72.6 cm³/mol. The second kappa shape index (κ2) is 4.86. The zero-order chi connectivity index (χ0) is 13.3. The number of rotatable bonds is 3. The van der Waals surface area contributed by atoms with Crippen molar-refractivity contribution in [1.29, 1.82) is 0 Å². The van der Waals surface area contributed by atoms with E-state index >= 15 is 0 Å². The number of nitrogens with zero attached hydrogens (tertiary/aromatic N) is 2. The van der Waals surface area contributed by atoms with Crippen LogP contribution in [0.3, 0.4) is 0 Å². The van der Waals surface area contributed by atoms with Crippen molar-refractivity contribution in [2.75, 3.05) is 18.8 Å². The van der Waals surface area contributed by atoms with E-state index in [2.05, 4.69) is 15.3 Å². The predicted octanol–water partition coefficient (Wildman–Crippen LogP) is 1.01. The summed E-state index contributed by atoms with van der Waals surface area (Å²) in [7, 11) is -3.35. The molecule has 0 radical (unpaired) electrons. The monoisotopic (exact) mass is 277 g/mol. The molecule has 0 spiro atoms. The van der Waals surface area contributed by atoms with Gasteiger partial charge in [0.2, 0.25) is 0 Å². The summed E-state index contributed by atoms with van der Waals surface area (Å²) in [4.78, 5) is 8.38. The summed E-state index contributed by atoms with van der Waals surface area (Å²) < 4.78 is 24.6. The van der Waals surface area contributed by atoms with Crippen molar-refractivity contribution < 1.29 is 8.42 Å². The molecule has 1 atom stereocenters. The number of hydrogen-bond donors (Lipinski definition) is 1. The van der Waals surface area contributed by atoms with Gasteiger partial charge >= 0.3 is 0 Å². The highest BCUT2D eigenvalue weighted by Crippen LogP contribution is 2.18. The zero-order valence-corrected chi connectivity index (χ0v) is 11.2. The molecular weight excluding hydrogens is 262 g/mol. The Morgan fingerprint density at radius 3 is 2.79 bits per heavy atom. The van der Waals surface area contributed by atoms with Gasteiger partial charge in [-0.2, -0.15) is 0 Å². The number of sulfone groups is 1. The first-order valence-electron chi connectivity index (χ1n) is 6.30. The second-order valence-corrected chi connectivity index (χ2v) is 6.82. The summed E-state index contributed by atoms with van der Waals surface area (Å²) >= 11 is 0. The van der Waals surface area contributed by atoms with Gasteiger partial charge in [-0.1, -0.05) is 12.1 Å². The minimum Gasteiger partial charge on any atom is -0.316 e. The van der Waals surface area contributed by atoms with Gasteiger partial charge in [0, 0.05) is 0 Å². The third-order valence-corrected chi connectivity index (χ3v) is 5.11. The number of para-hydroxylation sites is 2. The molecule has 6 heteroatoms. The van der Waals surface area contributed by atoms with Crippen molar-refractivity contribution in [2.45, 2.75) is 11.4 Å². The Morgan fingerprint density at radius 1 is 1.26 bits per heavy atom. The fourth-order valence-corrected chi connectivity index (χ4v) is 3.87. The Morgan fingerprint density at radius 2 is 2.05 bits per heavy atom. The molecule has 0 bridgehead atoms. The lowest BCUT2D eigenvalue weighted by Gasteiger charge is -2.09. The van der Waals surface area contributed by atoms with Crippen LogP contribution >= 0.6 is 0 Å². The Balaban J connectivity index is 1.93. The van der Waals surface area contributed by atoms with E-state index in [1.54, 1.807) is 6.07 Å². The maximum absolute atomic E-state index is 12.3. The molecule has 2 heterocycles. The topological polar surface area (TPSA) is 72.0 Å². The summed E-state index contributed by atoms with van der Waals surface area (Å²) in [6, 6.07) is 7.28. The Hall–Kier alpha value is -1.53. The first kappa shape index (κ1) is 12.5. The molecule has 0 unspecified atom stereocenters. The molecular formula is C13H15N3O2S. The average Bonchev–Trinajstić information content (AvgIpc) is 2.90. The van der Waals surface area contributed by atoms with Gasteiger partial charge in [0.1, 0.15) is 0 Å². The molecule has 5 nitrogen and oxygen atoms in total. The maximum Gasteiger partial charge on any atom is 0.197 e. The lowest BCUT2D eigenvalue weighted by atomic mass is 10.2. The van der Waals surface area contributed by atoms with E-state index < -0.39 is 9.84 Å². The third kappa shape index (κ3) is 2.59. The van der Waals surface area contributed by atoms with Crippen LogP contribution in [-0.2, 0) is 9.84 Å². The van der Waals surface area contributed by atoms with Crippen LogP contribution in [0.1, 0.15) is 6.42 Å². The molecule has 3 rings (SSSR count). The highest BCUT2D eigenvalue weighted by molar-refractivity contribution is 7.91. The van der Waals surface area contributed by atoms with Gasteiger partial charge in [-0.05, 0) is 37.6 Å². The number of aromatic nitrogens is 2. The van der Waals surface area contributed by atoms with Gasteiger partial charge < -0.3 is 5.32 Å². The van der Waals surface area contributed by atoms with Gasteiger partial charge in [-0.15, -0.1) is 0 Å². The Bertz CT molecular complexity index is 694. The first-order valence-corrected chi connectivity index (χ1v) is 7.96. The molecule has 1 aliphatic heterocycles. The van der Waals surface area contributed by atoms with Crippen molar-refractivity contribution in [3.8, 4) is 0 Å². The zero-order valence-electron chi connectivity index (χ0n) is 10.4. The molecule has 1 fully saturated rings. The second-order valence-electron chi connectivity index (χ2n) is 4.84. The normalized spacial score (nSPS) is 19.9. The highest BCUT2D eigenvalue weighted by Gasteiger charge is 2.25. The number of fused-ring (bicyclic) bond motifs is 1. The largest absolute Gasteiger partial charge is 0.316 e. The molecule has 0 saturated carbocycles. The van der Waals surface area contributed by atoms with Crippen LogP contribution in [0.25, 0.3) is 11.0 Å². The Labute approximate surface area is 112 Å². The summed E-state index contributed by atoms with van der Waals surface area (Å²) in [6.45, 7) is 1.66. The standard InChI is InChI=1S/C13H15N3O2S/c17-19(18,9-10-5-6-14-7-10)13-8-15-11-3-1-2-4-12(11)16-13/h1-4,8,10,14H,5-7,9H2/t10-/m0/s1. The van der Waals surface area contributed by atoms with Crippen molar-refractivity contribution in [1.82, 2.24) is 15.3 Å². The summed E-state index contributed by atoms with van der Waals surface area (Å²) in [5.74, 6) is 0.325. The summed E-state index contributed by atoms with van der Waals surface area (Å²) in [5, 5.41) is 3.26. The van der Waals surface area contributed by atoms with Crippen LogP contribution in [0.5, 0.6) is 0 Å². The SMILES string of the molecule is O=S(=O)(C[C@H]1CCNC1)c1cnc2ccccc2n1. The molecule has 1 aliphatic rings.